The van der Waals surface area contributed by atoms with Crippen molar-refractivity contribution in [3.63, 3.8) is 0 Å². The number of rotatable bonds is 8. The summed E-state index contributed by atoms with van der Waals surface area (Å²) in [5.74, 6) is 0.471. The van der Waals surface area contributed by atoms with E-state index in [1.165, 1.54) is 0 Å². The van der Waals surface area contributed by atoms with Crippen molar-refractivity contribution >= 4 is 18.1 Å². The Kier molecular flexibility index (Phi) is 6.71. The van der Waals surface area contributed by atoms with E-state index in [0.717, 1.165) is 11.1 Å². The fraction of sp³-hybridized carbons (Fsp3) is 0.300. The van der Waals surface area contributed by atoms with Crippen molar-refractivity contribution < 1.29 is 14.3 Å². The van der Waals surface area contributed by atoms with Crippen molar-refractivity contribution in [2.45, 2.75) is 19.4 Å². The zero-order valence-electron chi connectivity index (χ0n) is 14.9. The predicted molar refractivity (Wildman–Crippen MR) is 99.2 cm³/mol. The van der Waals surface area contributed by atoms with Gasteiger partial charge in [-0.15, -0.1) is 0 Å². The Morgan fingerprint density at radius 3 is 2.28 bits per heavy atom. The van der Waals surface area contributed by atoms with Crippen molar-refractivity contribution in [2.75, 3.05) is 20.3 Å². The van der Waals surface area contributed by atoms with E-state index < -0.39 is 5.60 Å². The van der Waals surface area contributed by atoms with Crippen LogP contribution < -0.4 is 10.1 Å². The summed E-state index contributed by atoms with van der Waals surface area (Å²) >= 11 is 0. The first-order chi connectivity index (χ1) is 12.0. The van der Waals surface area contributed by atoms with Crippen LogP contribution in [0.3, 0.4) is 0 Å². The molecule has 0 aliphatic heterocycles. The zero-order chi connectivity index (χ0) is 18.1. The second-order valence-electron chi connectivity index (χ2n) is 6.04. The molecule has 0 fully saturated rings. The molecule has 2 rings (SSSR count). The lowest BCUT2D eigenvalue weighted by Gasteiger charge is -2.25. The summed E-state index contributed by atoms with van der Waals surface area (Å²) < 4.78 is 10.8. The Bertz CT molecular complexity index is 695. The highest BCUT2D eigenvalue weighted by Crippen LogP contribution is 2.20. The van der Waals surface area contributed by atoms with E-state index in [0.29, 0.717) is 18.9 Å². The van der Waals surface area contributed by atoms with Gasteiger partial charge in [-0.05, 0) is 49.2 Å². The summed E-state index contributed by atoms with van der Waals surface area (Å²) in [5, 5.41) is 2.79. The first-order valence-corrected chi connectivity index (χ1v) is 8.16. The summed E-state index contributed by atoms with van der Waals surface area (Å²) in [7, 11) is 1.60. The standard InChI is InChI=1S/C20H24N2O3/c1-20(2,19(23)22-14-15-24-3)25-18-8-6-16(7-9-18)4-5-17-10-12-21-13-11-17/h4-13H,14-15H2,1-3H3,(H,22,23)/b5-4+. The van der Waals surface area contributed by atoms with Gasteiger partial charge in [-0.1, -0.05) is 24.3 Å². The second-order valence-corrected chi connectivity index (χ2v) is 6.04. The van der Waals surface area contributed by atoms with Gasteiger partial charge in [0.05, 0.1) is 6.61 Å². The number of nitrogens with one attached hydrogen (secondary N) is 1. The molecule has 25 heavy (non-hydrogen) atoms. The number of ether oxygens (including phenoxy) is 2. The molecule has 0 atom stereocenters. The van der Waals surface area contributed by atoms with Gasteiger partial charge in [0.2, 0.25) is 0 Å². The number of carbonyl (C=O) groups excluding carboxylic acids is 1. The quantitative estimate of drug-likeness (QED) is 0.750. The van der Waals surface area contributed by atoms with Gasteiger partial charge in [-0.25, -0.2) is 0 Å². The number of pyridine rings is 1. The maximum Gasteiger partial charge on any atom is 0.263 e. The highest BCUT2D eigenvalue weighted by atomic mass is 16.5. The van der Waals surface area contributed by atoms with Crippen LogP contribution in [0, 0.1) is 0 Å². The van der Waals surface area contributed by atoms with Crippen LogP contribution in [-0.2, 0) is 9.53 Å². The van der Waals surface area contributed by atoms with Gasteiger partial charge in [0.15, 0.2) is 5.60 Å². The summed E-state index contributed by atoms with van der Waals surface area (Å²) in [6.07, 6.45) is 7.55. The van der Waals surface area contributed by atoms with Gasteiger partial charge in [-0.2, -0.15) is 0 Å². The van der Waals surface area contributed by atoms with Crippen molar-refractivity contribution in [3.05, 3.63) is 59.9 Å². The van der Waals surface area contributed by atoms with Crippen LogP contribution in [0.2, 0.25) is 0 Å². The fourth-order valence-corrected chi connectivity index (χ4v) is 2.13. The monoisotopic (exact) mass is 340 g/mol. The lowest BCUT2D eigenvalue weighted by atomic mass is 10.1. The molecule has 0 unspecified atom stereocenters. The van der Waals surface area contributed by atoms with Crippen molar-refractivity contribution in [1.82, 2.24) is 10.3 Å². The topological polar surface area (TPSA) is 60.5 Å². The van der Waals surface area contributed by atoms with Crippen LogP contribution in [0.15, 0.2) is 48.8 Å². The van der Waals surface area contributed by atoms with E-state index in [9.17, 15) is 4.79 Å². The normalized spacial score (nSPS) is 11.5. The molecule has 1 amide bonds. The Hall–Kier alpha value is -2.66. The third-order valence-electron chi connectivity index (χ3n) is 3.57. The van der Waals surface area contributed by atoms with Gasteiger partial charge >= 0.3 is 0 Å². The number of amides is 1. The van der Waals surface area contributed by atoms with Crippen LogP contribution in [0.4, 0.5) is 0 Å². The molecule has 132 valence electrons. The molecule has 1 heterocycles. The smallest absolute Gasteiger partial charge is 0.263 e. The largest absolute Gasteiger partial charge is 0.478 e. The Morgan fingerprint density at radius 1 is 1.08 bits per heavy atom. The number of carbonyl (C=O) groups is 1. The number of methoxy groups -OCH3 is 1. The first kappa shape index (κ1) is 18.7. The number of hydrogen-bond donors (Lipinski definition) is 1. The molecular weight excluding hydrogens is 316 g/mol. The van der Waals surface area contributed by atoms with Gasteiger partial charge in [0, 0.05) is 26.0 Å². The van der Waals surface area contributed by atoms with Crippen LogP contribution >= 0.6 is 0 Å². The first-order valence-electron chi connectivity index (χ1n) is 8.16. The minimum atomic E-state index is -0.956. The SMILES string of the molecule is COCCNC(=O)C(C)(C)Oc1ccc(/C=C/c2ccncc2)cc1. The molecule has 0 aliphatic carbocycles. The number of hydrogen-bond acceptors (Lipinski definition) is 4. The molecule has 1 aromatic heterocycles. The summed E-state index contributed by atoms with van der Waals surface area (Å²) in [6, 6.07) is 11.5. The molecule has 2 aromatic rings. The maximum absolute atomic E-state index is 12.2. The van der Waals surface area contributed by atoms with Gasteiger partial charge < -0.3 is 14.8 Å². The number of benzene rings is 1. The molecule has 1 N–H and O–H groups in total. The van der Waals surface area contributed by atoms with Crippen molar-refractivity contribution in [1.29, 1.82) is 0 Å². The van der Waals surface area contributed by atoms with Gasteiger partial charge in [0.1, 0.15) is 5.75 Å². The molecule has 5 nitrogen and oxygen atoms in total. The number of aromatic nitrogens is 1. The number of nitrogens with zero attached hydrogens (tertiary/aromatic N) is 1. The average Bonchev–Trinajstić information content (AvgIpc) is 2.62. The van der Waals surface area contributed by atoms with E-state index in [1.54, 1.807) is 33.4 Å². The van der Waals surface area contributed by atoms with E-state index in [1.807, 2.05) is 48.6 Å². The molecule has 0 bridgehead atoms. The van der Waals surface area contributed by atoms with Crippen LogP contribution in [0.25, 0.3) is 12.2 Å². The lowest BCUT2D eigenvalue weighted by Crippen LogP contribution is -2.47. The zero-order valence-corrected chi connectivity index (χ0v) is 14.9. The van der Waals surface area contributed by atoms with E-state index in [4.69, 9.17) is 9.47 Å². The third-order valence-corrected chi connectivity index (χ3v) is 3.57. The predicted octanol–water partition coefficient (Wildman–Crippen LogP) is 3.17. The highest BCUT2D eigenvalue weighted by molar-refractivity contribution is 5.84. The fourth-order valence-electron chi connectivity index (χ4n) is 2.13. The average molecular weight is 340 g/mol. The second kappa shape index (κ2) is 8.99. The molecule has 0 saturated heterocycles. The summed E-state index contributed by atoms with van der Waals surface area (Å²) in [4.78, 5) is 16.2. The van der Waals surface area contributed by atoms with Gasteiger partial charge in [-0.3, -0.25) is 9.78 Å². The Labute approximate surface area is 148 Å². The van der Waals surface area contributed by atoms with E-state index in [2.05, 4.69) is 10.3 Å². The molecular formula is C20H24N2O3. The molecule has 0 spiro atoms. The Balaban J connectivity index is 1.95. The molecule has 0 radical (unpaired) electrons. The van der Waals surface area contributed by atoms with Crippen molar-refractivity contribution in [2.24, 2.45) is 0 Å². The Morgan fingerprint density at radius 2 is 1.68 bits per heavy atom. The minimum absolute atomic E-state index is 0.175. The molecule has 0 saturated carbocycles. The van der Waals surface area contributed by atoms with Crippen LogP contribution in [-0.4, -0.2) is 36.8 Å². The van der Waals surface area contributed by atoms with Crippen LogP contribution in [0.5, 0.6) is 5.75 Å². The highest BCUT2D eigenvalue weighted by Gasteiger charge is 2.29. The summed E-state index contributed by atoms with van der Waals surface area (Å²) in [5.41, 5.74) is 1.18. The lowest BCUT2D eigenvalue weighted by molar-refractivity contribution is -0.134. The van der Waals surface area contributed by atoms with E-state index >= 15 is 0 Å². The minimum Gasteiger partial charge on any atom is -0.478 e. The van der Waals surface area contributed by atoms with Crippen LogP contribution in [0.1, 0.15) is 25.0 Å². The maximum atomic E-state index is 12.2. The summed E-state index contributed by atoms with van der Waals surface area (Å²) in [6.45, 7) is 4.42. The van der Waals surface area contributed by atoms with Gasteiger partial charge in [0.25, 0.3) is 5.91 Å². The molecule has 1 aromatic carbocycles. The molecule has 0 aliphatic rings. The van der Waals surface area contributed by atoms with Crippen molar-refractivity contribution in [3.8, 4) is 5.75 Å². The molecule has 5 heteroatoms. The van der Waals surface area contributed by atoms with E-state index in [-0.39, 0.29) is 5.91 Å². The third kappa shape index (κ3) is 6.04.